The molecule has 2 aliphatic heterocycles. The van der Waals surface area contributed by atoms with Crippen LogP contribution in [0.3, 0.4) is 0 Å². The third kappa shape index (κ3) is 2.93. The highest BCUT2D eigenvalue weighted by atomic mass is 16.2. The van der Waals surface area contributed by atoms with Gasteiger partial charge in [0.2, 0.25) is 5.82 Å². The zero-order valence-electron chi connectivity index (χ0n) is 14.1. The van der Waals surface area contributed by atoms with Crippen molar-refractivity contribution in [1.82, 2.24) is 30.0 Å². The minimum Gasteiger partial charge on any atom is -0.347 e. The van der Waals surface area contributed by atoms with Crippen molar-refractivity contribution in [3.63, 3.8) is 0 Å². The van der Waals surface area contributed by atoms with Crippen molar-refractivity contribution in [2.24, 2.45) is 11.8 Å². The van der Waals surface area contributed by atoms with E-state index in [1.165, 1.54) is 5.56 Å². The van der Waals surface area contributed by atoms with Crippen molar-refractivity contribution in [2.45, 2.75) is 38.4 Å². The Kier molecular flexibility index (Phi) is 3.55. The molecule has 2 aromatic heterocycles. The SMILES string of the molecule is O=C(NC1CC1)c1nnc2n1C[C@H]1CN(Cc3ccncc3)C[C@H]1C2. The van der Waals surface area contributed by atoms with E-state index in [-0.39, 0.29) is 5.91 Å². The number of nitrogens with one attached hydrogen (secondary N) is 1. The van der Waals surface area contributed by atoms with Crippen molar-refractivity contribution in [2.75, 3.05) is 13.1 Å². The molecule has 3 aliphatic rings. The van der Waals surface area contributed by atoms with Crippen LogP contribution in [0.15, 0.2) is 24.5 Å². The smallest absolute Gasteiger partial charge is 0.289 e. The topological polar surface area (TPSA) is 75.9 Å². The molecule has 2 fully saturated rings. The normalized spacial score (nSPS) is 25.4. The maximum atomic E-state index is 12.4. The first kappa shape index (κ1) is 15.0. The molecule has 7 heteroatoms. The summed E-state index contributed by atoms with van der Waals surface area (Å²) in [6, 6.07) is 4.51. The summed E-state index contributed by atoms with van der Waals surface area (Å²) >= 11 is 0. The number of rotatable bonds is 4. The second-order valence-corrected chi connectivity index (χ2v) is 7.57. The number of hydrogen-bond donors (Lipinski definition) is 1. The van der Waals surface area contributed by atoms with Gasteiger partial charge in [-0.05, 0) is 42.4 Å². The van der Waals surface area contributed by atoms with Crippen molar-refractivity contribution >= 4 is 5.91 Å². The number of pyridine rings is 1. The molecule has 0 unspecified atom stereocenters. The molecule has 1 saturated carbocycles. The summed E-state index contributed by atoms with van der Waals surface area (Å²) in [5.74, 6) is 2.57. The minimum atomic E-state index is -0.0636. The molecule has 4 heterocycles. The van der Waals surface area contributed by atoms with Crippen molar-refractivity contribution in [3.05, 3.63) is 41.7 Å². The van der Waals surface area contributed by atoms with Crippen LogP contribution < -0.4 is 5.32 Å². The molecular formula is C18H22N6O. The molecule has 1 amide bonds. The van der Waals surface area contributed by atoms with Crippen LogP contribution in [0.5, 0.6) is 0 Å². The Morgan fingerprint density at radius 1 is 1.12 bits per heavy atom. The molecule has 0 spiro atoms. The predicted molar refractivity (Wildman–Crippen MR) is 90.7 cm³/mol. The Morgan fingerprint density at radius 2 is 1.92 bits per heavy atom. The van der Waals surface area contributed by atoms with Crippen molar-refractivity contribution in [3.8, 4) is 0 Å². The minimum absolute atomic E-state index is 0.0636. The summed E-state index contributed by atoms with van der Waals surface area (Å²) in [6.07, 6.45) is 6.79. The zero-order chi connectivity index (χ0) is 16.8. The van der Waals surface area contributed by atoms with E-state index in [9.17, 15) is 4.79 Å². The van der Waals surface area contributed by atoms with Crippen LogP contribution in [0.1, 0.15) is 34.8 Å². The van der Waals surface area contributed by atoms with Crippen LogP contribution in [-0.4, -0.2) is 49.7 Å². The molecule has 5 rings (SSSR count). The second kappa shape index (κ2) is 5.91. The van der Waals surface area contributed by atoms with Crippen LogP contribution in [-0.2, 0) is 19.5 Å². The van der Waals surface area contributed by atoms with Gasteiger partial charge in [-0.15, -0.1) is 10.2 Å². The Morgan fingerprint density at radius 3 is 2.72 bits per heavy atom. The Labute approximate surface area is 146 Å². The average molecular weight is 338 g/mol. The van der Waals surface area contributed by atoms with Crippen molar-refractivity contribution in [1.29, 1.82) is 0 Å². The Balaban J connectivity index is 1.28. The number of carbonyl (C=O) groups is 1. The average Bonchev–Trinajstić information content (AvgIpc) is 3.19. The molecule has 25 heavy (non-hydrogen) atoms. The number of nitrogens with zero attached hydrogens (tertiary/aromatic N) is 5. The molecule has 2 aromatic rings. The molecule has 1 saturated heterocycles. The Bertz CT molecular complexity index is 784. The summed E-state index contributed by atoms with van der Waals surface area (Å²) in [5.41, 5.74) is 1.30. The van der Waals surface area contributed by atoms with E-state index in [2.05, 4.69) is 42.1 Å². The second-order valence-electron chi connectivity index (χ2n) is 7.57. The van der Waals surface area contributed by atoms with Gasteiger partial charge >= 0.3 is 0 Å². The maximum Gasteiger partial charge on any atom is 0.289 e. The van der Waals surface area contributed by atoms with Crippen LogP contribution in [0, 0.1) is 11.8 Å². The fraction of sp³-hybridized carbons (Fsp3) is 0.556. The van der Waals surface area contributed by atoms with Gasteiger partial charge in [-0.1, -0.05) is 0 Å². The van der Waals surface area contributed by atoms with E-state index in [4.69, 9.17) is 0 Å². The monoisotopic (exact) mass is 338 g/mol. The van der Waals surface area contributed by atoms with Crippen molar-refractivity contribution < 1.29 is 4.79 Å². The zero-order valence-corrected chi connectivity index (χ0v) is 14.1. The van der Waals surface area contributed by atoms with E-state index < -0.39 is 0 Å². The molecule has 130 valence electrons. The van der Waals surface area contributed by atoms with Gasteiger partial charge in [-0.25, -0.2) is 0 Å². The van der Waals surface area contributed by atoms with Gasteiger partial charge < -0.3 is 9.88 Å². The predicted octanol–water partition coefficient (Wildman–Crippen LogP) is 0.870. The summed E-state index contributed by atoms with van der Waals surface area (Å²) in [7, 11) is 0. The van der Waals surface area contributed by atoms with E-state index in [1.807, 2.05) is 12.4 Å². The van der Waals surface area contributed by atoms with Crippen LogP contribution >= 0.6 is 0 Å². The maximum absolute atomic E-state index is 12.4. The summed E-state index contributed by atoms with van der Waals surface area (Å²) < 4.78 is 2.05. The molecule has 0 bridgehead atoms. The number of fused-ring (bicyclic) bond motifs is 2. The van der Waals surface area contributed by atoms with E-state index in [1.54, 1.807) is 0 Å². The number of amides is 1. The lowest BCUT2D eigenvalue weighted by Gasteiger charge is -2.25. The van der Waals surface area contributed by atoms with Gasteiger partial charge in [-0.2, -0.15) is 0 Å². The first-order valence-electron chi connectivity index (χ1n) is 9.10. The number of hydrogen-bond acceptors (Lipinski definition) is 5. The molecule has 1 aliphatic carbocycles. The van der Waals surface area contributed by atoms with Gasteiger partial charge in [0.05, 0.1) is 0 Å². The Hall–Kier alpha value is -2.28. The van der Waals surface area contributed by atoms with E-state index >= 15 is 0 Å². The molecule has 0 aromatic carbocycles. The van der Waals surface area contributed by atoms with Crippen LogP contribution in [0.25, 0.3) is 0 Å². The lowest BCUT2D eigenvalue weighted by molar-refractivity contribution is 0.0932. The lowest BCUT2D eigenvalue weighted by atomic mass is 9.89. The highest BCUT2D eigenvalue weighted by molar-refractivity contribution is 5.91. The third-order valence-electron chi connectivity index (χ3n) is 5.61. The number of carbonyl (C=O) groups excluding carboxylic acids is 1. The number of aromatic nitrogens is 4. The van der Waals surface area contributed by atoms with Gasteiger partial charge in [0.25, 0.3) is 5.91 Å². The highest BCUT2D eigenvalue weighted by Gasteiger charge is 2.39. The molecule has 7 nitrogen and oxygen atoms in total. The van der Waals surface area contributed by atoms with E-state index in [0.717, 1.165) is 51.3 Å². The fourth-order valence-corrected chi connectivity index (χ4v) is 4.14. The third-order valence-corrected chi connectivity index (χ3v) is 5.61. The molecule has 1 N–H and O–H groups in total. The number of likely N-dealkylation sites (tertiary alicyclic amines) is 1. The van der Waals surface area contributed by atoms with Gasteiger partial charge in [-0.3, -0.25) is 14.7 Å². The summed E-state index contributed by atoms with van der Waals surface area (Å²) in [6.45, 7) is 3.97. The molecule has 0 radical (unpaired) electrons. The standard InChI is InChI=1S/C18H22N6O/c25-18(20-15-1-2-15)17-22-21-16-7-13-9-23(10-14(13)11-24(16)17)8-12-3-5-19-6-4-12/h3-6,13-15H,1-2,7-11H2,(H,20,25)/t13-,14-/m1/s1. The quantitative estimate of drug-likeness (QED) is 0.895. The first-order chi connectivity index (χ1) is 12.3. The van der Waals surface area contributed by atoms with Gasteiger partial charge in [0.15, 0.2) is 0 Å². The first-order valence-corrected chi connectivity index (χ1v) is 9.10. The lowest BCUT2D eigenvalue weighted by Crippen LogP contribution is -2.33. The van der Waals surface area contributed by atoms with Gasteiger partial charge in [0, 0.05) is 51.0 Å². The summed E-state index contributed by atoms with van der Waals surface area (Å²) in [4.78, 5) is 19.0. The van der Waals surface area contributed by atoms with Crippen LogP contribution in [0.2, 0.25) is 0 Å². The molecular weight excluding hydrogens is 316 g/mol. The largest absolute Gasteiger partial charge is 0.347 e. The van der Waals surface area contributed by atoms with E-state index in [0.29, 0.717) is 23.7 Å². The van der Waals surface area contributed by atoms with Gasteiger partial charge in [0.1, 0.15) is 5.82 Å². The summed E-state index contributed by atoms with van der Waals surface area (Å²) in [5, 5.41) is 11.5. The van der Waals surface area contributed by atoms with Crippen LogP contribution in [0.4, 0.5) is 0 Å². The fourth-order valence-electron chi connectivity index (χ4n) is 4.14. The highest BCUT2D eigenvalue weighted by Crippen LogP contribution is 2.33. The molecule has 2 atom stereocenters.